The summed E-state index contributed by atoms with van der Waals surface area (Å²) in [6.45, 7) is 9.17. The van der Waals surface area contributed by atoms with Crippen molar-refractivity contribution in [1.29, 1.82) is 0 Å². The Labute approximate surface area is 188 Å². The van der Waals surface area contributed by atoms with Gasteiger partial charge in [0.05, 0.1) is 5.69 Å². The fourth-order valence-corrected chi connectivity index (χ4v) is 5.63. The molecule has 0 bridgehead atoms. The van der Waals surface area contributed by atoms with Crippen LogP contribution in [0.3, 0.4) is 0 Å². The highest BCUT2D eigenvalue weighted by Gasteiger charge is 2.30. The van der Waals surface area contributed by atoms with Gasteiger partial charge in [-0.15, -0.1) is 11.3 Å². The number of aryl methyl sites for hydroxylation is 2. The third-order valence-electron chi connectivity index (χ3n) is 6.31. The molecular formula is C24H32N4O2S. The average molecular weight is 441 g/mol. The van der Waals surface area contributed by atoms with E-state index in [0.717, 1.165) is 68.4 Å². The molecule has 7 heteroatoms. The summed E-state index contributed by atoms with van der Waals surface area (Å²) in [5, 5.41) is 4.19. The van der Waals surface area contributed by atoms with Gasteiger partial charge in [0.25, 0.3) is 0 Å². The van der Waals surface area contributed by atoms with Crippen molar-refractivity contribution in [2.45, 2.75) is 46.5 Å². The number of anilines is 2. The summed E-state index contributed by atoms with van der Waals surface area (Å²) >= 11 is 1.72. The summed E-state index contributed by atoms with van der Waals surface area (Å²) in [7, 11) is 0. The molecule has 0 radical (unpaired) electrons. The lowest BCUT2D eigenvalue weighted by Crippen LogP contribution is -2.49. The summed E-state index contributed by atoms with van der Waals surface area (Å²) in [6, 6.07) is 8.04. The van der Waals surface area contributed by atoms with E-state index in [0.29, 0.717) is 0 Å². The molecule has 1 atom stereocenters. The van der Waals surface area contributed by atoms with Gasteiger partial charge < -0.3 is 15.1 Å². The van der Waals surface area contributed by atoms with Gasteiger partial charge in [-0.1, -0.05) is 39.0 Å². The highest BCUT2D eigenvalue weighted by atomic mass is 32.1. The van der Waals surface area contributed by atoms with Gasteiger partial charge in [-0.2, -0.15) is 0 Å². The minimum atomic E-state index is -0.00813. The molecule has 0 saturated carbocycles. The van der Waals surface area contributed by atoms with Crippen LogP contribution in [0, 0.1) is 11.8 Å². The van der Waals surface area contributed by atoms with Gasteiger partial charge in [-0.3, -0.25) is 9.59 Å². The van der Waals surface area contributed by atoms with Gasteiger partial charge >= 0.3 is 0 Å². The number of piperazine rings is 1. The van der Waals surface area contributed by atoms with Gasteiger partial charge in [0.15, 0.2) is 5.13 Å². The molecule has 2 aliphatic rings. The van der Waals surface area contributed by atoms with E-state index < -0.39 is 0 Å². The van der Waals surface area contributed by atoms with Crippen LogP contribution in [0.25, 0.3) is 0 Å². The summed E-state index contributed by atoms with van der Waals surface area (Å²) in [5.41, 5.74) is 3.25. The Morgan fingerprint density at radius 2 is 1.94 bits per heavy atom. The Morgan fingerprint density at radius 3 is 2.65 bits per heavy atom. The van der Waals surface area contributed by atoms with E-state index in [9.17, 15) is 9.59 Å². The van der Waals surface area contributed by atoms with Crippen molar-refractivity contribution in [1.82, 2.24) is 9.88 Å². The molecule has 2 aromatic rings. The van der Waals surface area contributed by atoms with Crippen LogP contribution >= 0.6 is 11.3 Å². The molecule has 1 aliphatic carbocycles. The number of nitrogens with one attached hydrogen (secondary N) is 1. The van der Waals surface area contributed by atoms with E-state index in [4.69, 9.17) is 4.98 Å². The maximum absolute atomic E-state index is 12.9. The largest absolute Gasteiger partial charge is 0.345 e. The van der Waals surface area contributed by atoms with E-state index >= 15 is 0 Å². The molecule has 2 amide bonds. The topological polar surface area (TPSA) is 65.5 Å². The van der Waals surface area contributed by atoms with Crippen molar-refractivity contribution in [2.75, 3.05) is 36.4 Å². The van der Waals surface area contributed by atoms with Gasteiger partial charge in [0.1, 0.15) is 0 Å². The number of hydrogen-bond acceptors (Lipinski definition) is 5. The molecule has 31 heavy (non-hydrogen) atoms. The predicted molar refractivity (Wildman–Crippen MR) is 126 cm³/mol. The van der Waals surface area contributed by atoms with Crippen LogP contribution in [0.1, 0.15) is 43.3 Å². The van der Waals surface area contributed by atoms with Crippen LogP contribution in [0.4, 0.5) is 10.8 Å². The van der Waals surface area contributed by atoms with E-state index in [1.807, 2.05) is 36.9 Å². The Hall–Kier alpha value is -2.41. The average Bonchev–Trinajstić information content (AvgIpc) is 3.22. The fourth-order valence-electron chi connectivity index (χ4n) is 4.39. The summed E-state index contributed by atoms with van der Waals surface area (Å²) in [5.74, 6) is 0.385. The van der Waals surface area contributed by atoms with Crippen LogP contribution in [0.15, 0.2) is 24.3 Å². The third kappa shape index (κ3) is 4.76. The first kappa shape index (κ1) is 21.8. The summed E-state index contributed by atoms with van der Waals surface area (Å²) in [4.78, 5) is 35.6. The normalized spacial score (nSPS) is 18.8. The number of carbonyl (C=O) groups is 2. The van der Waals surface area contributed by atoms with Crippen LogP contribution in [-0.2, 0) is 28.9 Å². The molecule has 0 spiro atoms. The lowest BCUT2D eigenvalue weighted by molar-refractivity contribution is -0.134. The SMILES string of the molecule is CCc1ccccc1NC(=O)C1CCc2nc(N3CCN(C(=O)C(C)C)CC3)sc2C1. The zero-order valence-electron chi connectivity index (χ0n) is 18.7. The monoisotopic (exact) mass is 440 g/mol. The molecule has 1 N–H and O–H groups in total. The number of nitrogens with zero attached hydrogens (tertiary/aromatic N) is 3. The number of benzene rings is 1. The lowest BCUT2D eigenvalue weighted by Gasteiger charge is -2.35. The first-order valence-corrected chi connectivity index (χ1v) is 12.2. The standard InChI is InChI=1S/C24H32N4O2S/c1-4-17-7-5-6-8-19(17)25-22(29)18-9-10-20-21(15-18)31-24(26-20)28-13-11-27(12-14-28)23(30)16(2)3/h5-8,16,18H,4,9-15H2,1-3H3,(H,25,29). The number of hydrogen-bond donors (Lipinski definition) is 1. The van der Waals surface area contributed by atoms with Crippen LogP contribution in [0.2, 0.25) is 0 Å². The number of thiazole rings is 1. The summed E-state index contributed by atoms with van der Waals surface area (Å²) in [6.07, 6.45) is 3.36. The summed E-state index contributed by atoms with van der Waals surface area (Å²) < 4.78 is 0. The second kappa shape index (κ2) is 9.39. The quantitative estimate of drug-likeness (QED) is 0.769. The lowest BCUT2D eigenvalue weighted by atomic mass is 9.90. The molecule has 4 rings (SSSR count). The van der Waals surface area contributed by atoms with Gasteiger partial charge in [0.2, 0.25) is 11.8 Å². The Kier molecular flexibility index (Phi) is 6.60. The first-order valence-electron chi connectivity index (χ1n) is 11.4. The fraction of sp³-hybridized carbons (Fsp3) is 0.542. The number of carbonyl (C=O) groups excluding carboxylic acids is 2. The molecular weight excluding hydrogens is 408 g/mol. The smallest absolute Gasteiger partial charge is 0.227 e. The molecule has 166 valence electrons. The number of rotatable bonds is 5. The Morgan fingerprint density at radius 1 is 1.19 bits per heavy atom. The van der Waals surface area contributed by atoms with E-state index in [1.165, 1.54) is 10.4 Å². The van der Waals surface area contributed by atoms with Crippen molar-refractivity contribution in [3.05, 3.63) is 40.4 Å². The molecule has 6 nitrogen and oxygen atoms in total. The zero-order valence-corrected chi connectivity index (χ0v) is 19.5. The highest BCUT2D eigenvalue weighted by molar-refractivity contribution is 7.15. The van der Waals surface area contributed by atoms with Crippen LogP contribution in [0.5, 0.6) is 0 Å². The molecule has 1 unspecified atom stereocenters. The minimum Gasteiger partial charge on any atom is -0.345 e. The molecule has 1 saturated heterocycles. The van der Waals surface area contributed by atoms with Crippen molar-refractivity contribution < 1.29 is 9.59 Å². The third-order valence-corrected chi connectivity index (χ3v) is 7.49. The number of amides is 2. The zero-order chi connectivity index (χ0) is 22.0. The van der Waals surface area contributed by atoms with Crippen molar-refractivity contribution in [3.8, 4) is 0 Å². The van der Waals surface area contributed by atoms with Crippen molar-refractivity contribution >= 4 is 34.0 Å². The minimum absolute atomic E-state index is 0.00813. The Bertz CT molecular complexity index is 947. The second-order valence-corrected chi connectivity index (χ2v) is 9.84. The number of fused-ring (bicyclic) bond motifs is 1. The maximum atomic E-state index is 12.9. The highest BCUT2D eigenvalue weighted by Crippen LogP contribution is 2.35. The molecule has 1 aromatic heterocycles. The predicted octanol–water partition coefficient (Wildman–Crippen LogP) is 3.75. The van der Waals surface area contributed by atoms with Crippen LogP contribution < -0.4 is 10.2 Å². The number of aromatic nitrogens is 1. The van der Waals surface area contributed by atoms with Crippen molar-refractivity contribution in [2.24, 2.45) is 11.8 Å². The Balaban J connectivity index is 1.38. The van der Waals surface area contributed by atoms with Gasteiger partial charge in [-0.25, -0.2) is 4.98 Å². The molecule has 1 aliphatic heterocycles. The van der Waals surface area contributed by atoms with Crippen LogP contribution in [-0.4, -0.2) is 47.9 Å². The van der Waals surface area contributed by atoms with Crippen molar-refractivity contribution in [3.63, 3.8) is 0 Å². The van der Waals surface area contributed by atoms with E-state index in [1.54, 1.807) is 11.3 Å². The number of para-hydroxylation sites is 1. The van der Waals surface area contributed by atoms with E-state index in [-0.39, 0.29) is 23.7 Å². The maximum Gasteiger partial charge on any atom is 0.227 e. The first-order chi connectivity index (χ1) is 15.0. The van der Waals surface area contributed by atoms with Gasteiger partial charge in [-0.05, 0) is 37.3 Å². The molecule has 1 aromatic carbocycles. The van der Waals surface area contributed by atoms with E-state index in [2.05, 4.69) is 23.2 Å². The molecule has 2 heterocycles. The van der Waals surface area contributed by atoms with Gasteiger partial charge in [0, 0.05) is 48.6 Å². The molecule has 1 fully saturated rings. The second-order valence-electron chi connectivity index (χ2n) is 8.77.